The molecule has 1 aliphatic heterocycles. The average molecular weight is 333 g/mol. The van der Waals surface area contributed by atoms with Crippen molar-refractivity contribution in [3.8, 4) is 0 Å². The van der Waals surface area contributed by atoms with Crippen molar-refractivity contribution in [2.75, 3.05) is 18.4 Å². The molecule has 1 aromatic rings. The van der Waals surface area contributed by atoms with E-state index in [1.807, 2.05) is 0 Å². The molecule has 0 aromatic heterocycles. The lowest BCUT2D eigenvalue weighted by atomic mass is 9.91. The van der Waals surface area contributed by atoms with Crippen LogP contribution in [-0.4, -0.2) is 29.9 Å². The highest BCUT2D eigenvalue weighted by atomic mass is 32.1. The number of Topliss-reactive ketones (excluding diaryl/α,β-unsaturated/α-hetero) is 1. The van der Waals surface area contributed by atoms with Crippen LogP contribution in [0, 0.1) is 5.92 Å². The van der Waals surface area contributed by atoms with Crippen LogP contribution in [0.3, 0.4) is 0 Å². The molecule has 5 nitrogen and oxygen atoms in total. The predicted molar refractivity (Wildman–Crippen MR) is 95.6 cm³/mol. The van der Waals surface area contributed by atoms with Crippen LogP contribution >= 0.6 is 12.2 Å². The van der Waals surface area contributed by atoms with Crippen molar-refractivity contribution in [3.05, 3.63) is 29.8 Å². The van der Waals surface area contributed by atoms with Gasteiger partial charge in [-0.25, -0.2) is 0 Å². The Morgan fingerprint density at radius 2 is 1.96 bits per heavy atom. The summed E-state index contributed by atoms with van der Waals surface area (Å²) in [4.78, 5) is 24.5. The molecule has 23 heavy (non-hydrogen) atoms. The molecule has 2 rings (SSSR count). The fourth-order valence-corrected chi connectivity index (χ4v) is 2.72. The maximum atomic E-state index is 12.4. The zero-order valence-corrected chi connectivity index (χ0v) is 14.2. The molecular weight excluding hydrogens is 310 g/mol. The molecule has 1 aromatic carbocycles. The predicted octanol–water partition coefficient (Wildman–Crippen LogP) is 2.48. The van der Waals surface area contributed by atoms with E-state index in [1.165, 1.54) is 19.3 Å². The summed E-state index contributed by atoms with van der Waals surface area (Å²) in [6, 6.07) is 7.05. The van der Waals surface area contributed by atoms with Gasteiger partial charge in [-0.15, -0.1) is 0 Å². The Kier molecular flexibility index (Phi) is 6.52. The monoisotopic (exact) mass is 333 g/mol. The molecule has 124 valence electrons. The third kappa shape index (κ3) is 4.76. The van der Waals surface area contributed by atoms with E-state index >= 15 is 0 Å². The summed E-state index contributed by atoms with van der Waals surface area (Å²) >= 11 is 5.19. The molecule has 0 spiro atoms. The van der Waals surface area contributed by atoms with Gasteiger partial charge in [-0.1, -0.05) is 38.3 Å². The maximum absolute atomic E-state index is 12.4. The van der Waals surface area contributed by atoms with E-state index in [-0.39, 0.29) is 18.2 Å². The van der Waals surface area contributed by atoms with Gasteiger partial charge in [-0.2, -0.15) is 0 Å². The molecule has 0 aliphatic carbocycles. The number of benzene rings is 1. The highest BCUT2D eigenvalue weighted by Crippen LogP contribution is 2.24. The Labute approximate surface area is 142 Å². The Hall–Kier alpha value is -1.95. The Bertz CT molecular complexity index is 589. The fourth-order valence-electron chi connectivity index (χ4n) is 2.53. The van der Waals surface area contributed by atoms with E-state index in [1.54, 1.807) is 24.3 Å². The first-order valence-electron chi connectivity index (χ1n) is 8.09. The molecule has 6 heteroatoms. The summed E-state index contributed by atoms with van der Waals surface area (Å²) in [5.41, 5.74) is 1.13. The standard InChI is InChI=1S/C17H23N3O2S/c1-2-3-4-7-10-18-17(23)19-11-13-15(21)12-8-5-6-9-14(12)20-16(13)22/h5-6,8-9,13H,2-4,7,10-11H2,1H3,(H,20,22)(H2,18,19,23)/t13-/m0/s1. The molecular formula is C17H23N3O2S. The Morgan fingerprint density at radius 3 is 2.74 bits per heavy atom. The lowest BCUT2D eigenvalue weighted by molar-refractivity contribution is -0.118. The number of anilines is 1. The lowest BCUT2D eigenvalue weighted by Crippen LogP contribution is -2.45. The first kappa shape index (κ1) is 17.4. The van der Waals surface area contributed by atoms with Gasteiger partial charge < -0.3 is 16.0 Å². The summed E-state index contributed by atoms with van der Waals surface area (Å²) in [5, 5.41) is 9.33. The van der Waals surface area contributed by atoms with Gasteiger partial charge in [0.2, 0.25) is 5.91 Å². The summed E-state index contributed by atoms with van der Waals surface area (Å²) in [6.07, 6.45) is 4.65. The average Bonchev–Trinajstić information content (AvgIpc) is 2.54. The first-order valence-corrected chi connectivity index (χ1v) is 8.50. The topological polar surface area (TPSA) is 70.2 Å². The van der Waals surface area contributed by atoms with Crippen LogP contribution in [0.5, 0.6) is 0 Å². The van der Waals surface area contributed by atoms with Crippen LogP contribution in [0.15, 0.2) is 24.3 Å². The number of fused-ring (bicyclic) bond motifs is 1. The minimum absolute atomic E-state index is 0.164. The van der Waals surface area contributed by atoms with Crippen molar-refractivity contribution in [1.29, 1.82) is 0 Å². The molecule has 0 saturated heterocycles. The minimum Gasteiger partial charge on any atom is -0.363 e. The number of thiocarbonyl (C=S) groups is 1. The molecule has 1 amide bonds. The largest absolute Gasteiger partial charge is 0.363 e. The summed E-state index contributed by atoms with van der Waals surface area (Å²) < 4.78 is 0. The minimum atomic E-state index is -0.746. The second-order valence-electron chi connectivity index (χ2n) is 5.65. The third-order valence-electron chi connectivity index (χ3n) is 3.87. The number of para-hydroxylation sites is 1. The fraction of sp³-hybridized carbons (Fsp3) is 0.471. The lowest BCUT2D eigenvalue weighted by Gasteiger charge is -2.24. The number of hydrogen-bond acceptors (Lipinski definition) is 3. The van der Waals surface area contributed by atoms with Crippen molar-refractivity contribution in [3.63, 3.8) is 0 Å². The highest BCUT2D eigenvalue weighted by molar-refractivity contribution is 7.80. The molecule has 0 saturated carbocycles. The molecule has 3 N–H and O–H groups in total. The molecule has 0 unspecified atom stereocenters. The summed E-state index contributed by atoms with van der Waals surface area (Å²) in [7, 11) is 0. The third-order valence-corrected chi connectivity index (χ3v) is 4.15. The van der Waals surface area contributed by atoms with Gasteiger partial charge in [-0.05, 0) is 30.8 Å². The van der Waals surface area contributed by atoms with E-state index in [0.29, 0.717) is 16.4 Å². The SMILES string of the molecule is CCCCCCNC(=S)NC[C@@H]1C(=O)Nc2ccccc2C1=O. The Balaban J connectivity index is 1.80. The van der Waals surface area contributed by atoms with E-state index < -0.39 is 5.92 Å². The number of hydrogen-bond donors (Lipinski definition) is 3. The van der Waals surface area contributed by atoms with Crippen molar-refractivity contribution < 1.29 is 9.59 Å². The number of carbonyl (C=O) groups excluding carboxylic acids is 2. The van der Waals surface area contributed by atoms with Gasteiger partial charge in [0, 0.05) is 18.7 Å². The van der Waals surface area contributed by atoms with Crippen LogP contribution in [0.1, 0.15) is 43.0 Å². The zero-order valence-electron chi connectivity index (χ0n) is 13.4. The Morgan fingerprint density at radius 1 is 1.17 bits per heavy atom. The maximum Gasteiger partial charge on any atom is 0.237 e. The van der Waals surface area contributed by atoms with Gasteiger partial charge in [0.25, 0.3) is 0 Å². The van der Waals surface area contributed by atoms with Gasteiger partial charge in [-0.3, -0.25) is 9.59 Å². The van der Waals surface area contributed by atoms with Gasteiger partial charge in [0.15, 0.2) is 10.9 Å². The molecule has 1 heterocycles. The van der Waals surface area contributed by atoms with Crippen LogP contribution in [-0.2, 0) is 4.79 Å². The summed E-state index contributed by atoms with van der Waals surface area (Å²) in [5.74, 6) is -1.20. The number of carbonyl (C=O) groups is 2. The molecule has 0 fully saturated rings. The first-order chi connectivity index (χ1) is 11.1. The molecule has 1 aliphatic rings. The number of nitrogens with one attached hydrogen (secondary N) is 3. The second-order valence-corrected chi connectivity index (χ2v) is 6.06. The van der Waals surface area contributed by atoms with Crippen molar-refractivity contribution >= 4 is 34.7 Å². The van der Waals surface area contributed by atoms with Gasteiger partial charge in [0.1, 0.15) is 5.92 Å². The zero-order chi connectivity index (χ0) is 16.7. The number of ketones is 1. The second kappa shape index (κ2) is 8.62. The molecule has 1 atom stereocenters. The van der Waals surface area contributed by atoms with Crippen LogP contribution in [0.2, 0.25) is 0 Å². The molecule has 0 radical (unpaired) electrons. The number of rotatable bonds is 7. The normalized spacial score (nSPS) is 16.5. The van der Waals surface area contributed by atoms with Crippen molar-refractivity contribution in [1.82, 2.24) is 10.6 Å². The molecule has 0 bridgehead atoms. The van der Waals surface area contributed by atoms with Crippen molar-refractivity contribution in [2.45, 2.75) is 32.6 Å². The number of amides is 1. The van der Waals surface area contributed by atoms with Gasteiger partial charge >= 0.3 is 0 Å². The smallest absolute Gasteiger partial charge is 0.237 e. The van der Waals surface area contributed by atoms with Gasteiger partial charge in [0.05, 0.1) is 5.69 Å². The van der Waals surface area contributed by atoms with Crippen molar-refractivity contribution in [2.24, 2.45) is 5.92 Å². The van der Waals surface area contributed by atoms with E-state index in [2.05, 4.69) is 22.9 Å². The quantitative estimate of drug-likeness (QED) is 0.406. The van der Waals surface area contributed by atoms with E-state index in [0.717, 1.165) is 13.0 Å². The van der Waals surface area contributed by atoms with Crippen LogP contribution < -0.4 is 16.0 Å². The van der Waals surface area contributed by atoms with Crippen LogP contribution in [0.25, 0.3) is 0 Å². The van der Waals surface area contributed by atoms with E-state index in [9.17, 15) is 9.59 Å². The highest BCUT2D eigenvalue weighted by Gasteiger charge is 2.33. The van der Waals surface area contributed by atoms with Crippen LogP contribution in [0.4, 0.5) is 5.69 Å². The summed E-state index contributed by atoms with van der Waals surface area (Å²) in [6.45, 7) is 3.18. The number of unbranched alkanes of at least 4 members (excludes halogenated alkanes) is 3. The van der Waals surface area contributed by atoms with E-state index in [4.69, 9.17) is 12.2 Å².